The van der Waals surface area contributed by atoms with Gasteiger partial charge in [0.2, 0.25) is 0 Å². The third-order valence-corrected chi connectivity index (χ3v) is 5.03. The van der Waals surface area contributed by atoms with Gasteiger partial charge in [-0.25, -0.2) is 0 Å². The minimum Gasteiger partial charge on any atom is -0.306 e. The van der Waals surface area contributed by atoms with Gasteiger partial charge in [0.25, 0.3) is 0 Å². The highest BCUT2D eigenvalue weighted by molar-refractivity contribution is 7.12. The van der Waals surface area contributed by atoms with Gasteiger partial charge < -0.3 is 5.32 Å². The normalized spacial score (nSPS) is 15.5. The lowest BCUT2D eigenvalue weighted by molar-refractivity contribution is 0.636. The predicted molar refractivity (Wildman–Crippen MR) is 80.8 cm³/mol. The molecule has 100 valence electrons. The molecule has 0 radical (unpaired) electrons. The smallest absolute Gasteiger partial charge is 0.0686 e. The zero-order valence-corrected chi connectivity index (χ0v) is 12.4. The van der Waals surface area contributed by atoms with Gasteiger partial charge in [0.15, 0.2) is 0 Å². The van der Waals surface area contributed by atoms with Crippen LogP contribution < -0.4 is 5.32 Å². The number of aromatic nitrogens is 1. The fraction of sp³-hybridized carbons (Fsp3) is 0.438. The molecule has 0 fully saturated rings. The van der Waals surface area contributed by atoms with E-state index in [-0.39, 0.29) is 0 Å². The van der Waals surface area contributed by atoms with Gasteiger partial charge in [0.05, 0.1) is 6.04 Å². The molecular formula is C16H20N2S. The third kappa shape index (κ3) is 2.58. The second-order valence-corrected chi connectivity index (χ2v) is 6.34. The Morgan fingerprint density at radius 1 is 1.37 bits per heavy atom. The average molecular weight is 272 g/mol. The number of fused-ring (bicyclic) bond motifs is 1. The standard InChI is InChI=1S/C16H20N2S/c1-3-17-16(13-8-7-11(2)18-10-13)15-9-12-5-4-6-14(12)19-15/h7-10,16-17H,3-6H2,1-2H3. The SMILES string of the molecule is CCNC(c1ccc(C)nc1)c1cc2c(s1)CCC2. The van der Waals surface area contributed by atoms with Crippen LogP contribution in [0.15, 0.2) is 24.4 Å². The highest BCUT2D eigenvalue weighted by Gasteiger charge is 2.21. The second-order valence-electron chi connectivity index (χ2n) is 5.17. The monoisotopic (exact) mass is 272 g/mol. The summed E-state index contributed by atoms with van der Waals surface area (Å²) in [6.45, 7) is 5.17. The van der Waals surface area contributed by atoms with Crippen LogP contribution in [-0.2, 0) is 12.8 Å². The molecule has 1 unspecified atom stereocenters. The molecule has 3 rings (SSSR count). The fourth-order valence-electron chi connectivity index (χ4n) is 2.73. The number of rotatable bonds is 4. The number of hydrogen-bond acceptors (Lipinski definition) is 3. The lowest BCUT2D eigenvalue weighted by Gasteiger charge is -2.16. The van der Waals surface area contributed by atoms with E-state index in [4.69, 9.17) is 0 Å². The summed E-state index contributed by atoms with van der Waals surface area (Å²) in [5.41, 5.74) is 3.92. The van der Waals surface area contributed by atoms with Crippen molar-refractivity contribution < 1.29 is 0 Å². The highest BCUT2D eigenvalue weighted by atomic mass is 32.1. The quantitative estimate of drug-likeness (QED) is 0.919. The van der Waals surface area contributed by atoms with Crippen LogP contribution in [0.4, 0.5) is 0 Å². The summed E-state index contributed by atoms with van der Waals surface area (Å²) in [5.74, 6) is 0. The summed E-state index contributed by atoms with van der Waals surface area (Å²) in [7, 11) is 0. The van der Waals surface area contributed by atoms with Crippen molar-refractivity contribution in [3.8, 4) is 0 Å². The molecule has 0 aliphatic heterocycles. The van der Waals surface area contributed by atoms with Crippen LogP contribution in [0.5, 0.6) is 0 Å². The van der Waals surface area contributed by atoms with Crippen LogP contribution in [0.2, 0.25) is 0 Å². The first-order chi connectivity index (χ1) is 9.28. The van der Waals surface area contributed by atoms with Gasteiger partial charge in [-0.05, 0) is 56.0 Å². The molecule has 2 heterocycles. The Morgan fingerprint density at radius 2 is 2.26 bits per heavy atom. The molecule has 0 amide bonds. The Labute approximate surface area is 118 Å². The van der Waals surface area contributed by atoms with Crippen LogP contribution in [-0.4, -0.2) is 11.5 Å². The maximum absolute atomic E-state index is 4.44. The first-order valence-corrected chi connectivity index (χ1v) is 7.87. The van der Waals surface area contributed by atoms with Crippen molar-refractivity contribution in [1.29, 1.82) is 0 Å². The Morgan fingerprint density at radius 3 is 2.95 bits per heavy atom. The van der Waals surface area contributed by atoms with E-state index >= 15 is 0 Å². The first-order valence-electron chi connectivity index (χ1n) is 7.05. The Hall–Kier alpha value is -1.19. The van der Waals surface area contributed by atoms with Crippen molar-refractivity contribution in [2.75, 3.05) is 6.54 Å². The molecule has 2 aromatic rings. The van der Waals surface area contributed by atoms with Gasteiger partial charge in [-0.2, -0.15) is 0 Å². The summed E-state index contributed by atoms with van der Waals surface area (Å²) < 4.78 is 0. The largest absolute Gasteiger partial charge is 0.306 e. The third-order valence-electron chi connectivity index (χ3n) is 3.73. The molecule has 0 spiro atoms. The van der Waals surface area contributed by atoms with Crippen LogP contribution in [0.25, 0.3) is 0 Å². The number of thiophene rings is 1. The number of pyridine rings is 1. The predicted octanol–water partition coefficient (Wildman–Crippen LogP) is 3.64. The van der Waals surface area contributed by atoms with Gasteiger partial charge in [-0.1, -0.05) is 13.0 Å². The van der Waals surface area contributed by atoms with Crippen LogP contribution in [0.1, 0.15) is 46.0 Å². The van der Waals surface area contributed by atoms with Gasteiger partial charge in [0, 0.05) is 21.6 Å². The summed E-state index contributed by atoms with van der Waals surface area (Å²) in [4.78, 5) is 7.47. The van der Waals surface area contributed by atoms with E-state index in [1.165, 1.54) is 29.7 Å². The molecule has 0 saturated carbocycles. The molecule has 2 aromatic heterocycles. The molecule has 1 aliphatic rings. The van der Waals surface area contributed by atoms with Crippen molar-refractivity contribution >= 4 is 11.3 Å². The first kappa shape index (κ1) is 12.8. The molecule has 0 saturated heterocycles. The van der Waals surface area contributed by atoms with E-state index < -0.39 is 0 Å². The number of nitrogens with zero attached hydrogens (tertiary/aromatic N) is 1. The van der Waals surface area contributed by atoms with E-state index in [9.17, 15) is 0 Å². The van der Waals surface area contributed by atoms with E-state index in [2.05, 4.69) is 35.4 Å². The Bertz CT molecular complexity index is 535. The van der Waals surface area contributed by atoms with E-state index in [1.807, 2.05) is 24.5 Å². The molecule has 3 heteroatoms. The maximum atomic E-state index is 4.44. The van der Waals surface area contributed by atoms with Crippen molar-refractivity contribution in [2.45, 2.75) is 39.2 Å². The Kier molecular flexibility index (Phi) is 3.67. The molecule has 2 nitrogen and oxygen atoms in total. The molecule has 1 aliphatic carbocycles. The summed E-state index contributed by atoms with van der Waals surface area (Å²) in [5, 5.41) is 3.59. The zero-order chi connectivity index (χ0) is 13.2. The van der Waals surface area contributed by atoms with E-state index in [1.54, 1.807) is 10.4 Å². The summed E-state index contributed by atoms with van der Waals surface area (Å²) >= 11 is 1.98. The molecule has 0 bridgehead atoms. The van der Waals surface area contributed by atoms with Gasteiger partial charge >= 0.3 is 0 Å². The Balaban J connectivity index is 1.93. The average Bonchev–Trinajstić information content (AvgIpc) is 2.98. The maximum Gasteiger partial charge on any atom is 0.0686 e. The minimum atomic E-state index is 0.300. The molecule has 19 heavy (non-hydrogen) atoms. The summed E-state index contributed by atoms with van der Waals surface area (Å²) in [6, 6.07) is 7.00. The van der Waals surface area contributed by atoms with Crippen LogP contribution in [0, 0.1) is 6.92 Å². The lowest BCUT2D eigenvalue weighted by Crippen LogP contribution is -2.21. The van der Waals surface area contributed by atoms with Crippen LogP contribution in [0.3, 0.4) is 0 Å². The van der Waals surface area contributed by atoms with Gasteiger partial charge in [-0.15, -0.1) is 11.3 Å². The molecule has 1 atom stereocenters. The van der Waals surface area contributed by atoms with E-state index in [0.717, 1.165) is 12.2 Å². The number of aryl methyl sites for hydroxylation is 3. The van der Waals surface area contributed by atoms with Crippen LogP contribution >= 0.6 is 11.3 Å². The van der Waals surface area contributed by atoms with E-state index in [0.29, 0.717) is 6.04 Å². The fourth-order valence-corrected chi connectivity index (χ4v) is 4.09. The number of hydrogen-bond donors (Lipinski definition) is 1. The highest BCUT2D eigenvalue weighted by Crippen LogP contribution is 2.35. The molecule has 0 aromatic carbocycles. The summed E-state index contributed by atoms with van der Waals surface area (Å²) in [6.07, 6.45) is 5.87. The molecule has 1 N–H and O–H groups in total. The minimum absolute atomic E-state index is 0.300. The number of nitrogens with one attached hydrogen (secondary N) is 1. The van der Waals surface area contributed by atoms with Crippen molar-refractivity contribution in [3.05, 3.63) is 51.0 Å². The topological polar surface area (TPSA) is 24.9 Å². The van der Waals surface area contributed by atoms with Gasteiger partial charge in [-0.3, -0.25) is 4.98 Å². The van der Waals surface area contributed by atoms with Gasteiger partial charge in [0.1, 0.15) is 0 Å². The van der Waals surface area contributed by atoms with Crippen molar-refractivity contribution in [1.82, 2.24) is 10.3 Å². The van der Waals surface area contributed by atoms with Crippen molar-refractivity contribution in [2.24, 2.45) is 0 Å². The second kappa shape index (κ2) is 5.43. The lowest BCUT2D eigenvalue weighted by atomic mass is 10.1. The van der Waals surface area contributed by atoms with Crippen molar-refractivity contribution in [3.63, 3.8) is 0 Å². The zero-order valence-electron chi connectivity index (χ0n) is 11.6. The molecular weight excluding hydrogens is 252 g/mol.